The summed E-state index contributed by atoms with van der Waals surface area (Å²) in [5, 5.41) is 2.73. The number of nitrogens with zero attached hydrogens (tertiary/aromatic N) is 2. The molecule has 3 N–H and O–H groups in total. The second kappa shape index (κ2) is 8.41. The van der Waals surface area contributed by atoms with Crippen LogP contribution in [0.3, 0.4) is 0 Å². The summed E-state index contributed by atoms with van der Waals surface area (Å²) in [4.78, 5) is 26.5. The summed E-state index contributed by atoms with van der Waals surface area (Å²) in [5.74, 6) is -0.459. The smallest absolute Gasteiger partial charge is 0.407 e. The van der Waals surface area contributed by atoms with Gasteiger partial charge in [0.1, 0.15) is 11.3 Å². The summed E-state index contributed by atoms with van der Waals surface area (Å²) in [6.07, 6.45) is 6.55. The van der Waals surface area contributed by atoms with Gasteiger partial charge < -0.3 is 20.4 Å². The Morgan fingerprint density at radius 3 is 2.59 bits per heavy atom. The van der Waals surface area contributed by atoms with Gasteiger partial charge in [0.05, 0.1) is 12.5 Å². The van der Waals surface area contributed by atoms with E-state index in [1.54, 1.807) is 10.9 Å². The van der Waals surface area contributed by atoms with E-state index < -0.39 is 11.5 Å². The van der Waals surface area contributed by atoms with Crippen LogP contribution in [-0.2, 0) is 11.3 Å². The third-order valence-corrected chi connectivity index (χ3v) is 2.96. The summed E-state index contributed by atoms with van der Waals surface area (Å²) in [6.45, 7) is 6.83. The summed E-state index contributed by atoms with van der Waals surface area (Å²) in [7, 11) is 0. The number of alkyl carbamates (subject to hydrolysis) is 1. The fourth-order valence-electron chi connectivity index (χ4n) is 1.97. The largest absolute Gasteiger partial charge is 0.444 e. The Bertz CT molecular complexity index is 491. The molecule has 0 unspecified atom stereocenters. The minimum absolute atomic E-state index is 0.378. The van der Waals surface area contributed by atoms with E-state index in [0.717, 1.165) is 32.2 Å². The fraction of sp³-hybridized carbons (Fsp3) is 0.667. The monoisotopic (exact) mass is 310 g/mol. The van der Waals surface area contributed by atoms with Crippen LogP contribution in [0.1, 0.15) is 56.9 Å². The third-order valence-electron chi connectivity index (χ3n) is 2.96. The number of ether oxygens (including phenoxy) is 1. The van der Waals surface area contributed by atoms with Crippen molar-refractivity contribution in [1.29, 1.82) is 0 Å². The minimum Gasteiger partial charge on any atom is -0.444 e. The van der Waals surface area contributed by atoms with Crippen LogP contribution in [0.4, 0.5) is 4.79 Å². The molecule has 0 saturated carbocycles. The molecular formula is C15H26N4O3. The maximum Gasteiger partial charge on any atom is 0.407 e. The van der Waals surface area contributed by atoms with Crippen LogP contribution in [0.5, 0.6) is 0 Å². The maximum absolute atomic E-state index is 11.4. The van der Waals surface area contributed by atoms with Gasteiger partial charge in [-0.1, -0.05) is 12.8 Å². The maximum atomic E-state index is 11.4. The van der Waals surface area contributed by atoms with E-state index in [2.05, 4.69) is 10.3 Å². The molecule has 0 bridgehead atoms. The fourth-order valence-corrected chi connectivity index (χ4v) is 1.97. The van der Waals surface area contributed by atoms with Crippen LogP contribution < -0.4 is 11.1 Å². The average Bonchev–Trinajstić information content (AvgIpc) is 2.84. The predicted octanol–water partition coefficient (Wildman–Crippen LogP) is 2.07. The number of primary amides is 1. The first-order chi connectivity index (χ1) is 10.3. The molecule has 0 atom stereocenters. The van der Waals surface area contributed by atoms with Gasteiger partial charge in [-0.2, -0.15) is 0 Å². The van der Waals surface area contributed by atoms with Crippen molar-refractivity contribution in [1.82, 2.24) is 14.9 Å². The van der Waals surface area contributed by atoms with Crippen molar-refractivity contribution < 1.29 is 14.3 Å². The number of hydrogen-bond acceptors (Lipinski definition) is 4. The van der Waals surface area contributed by atoms with Gasteiger partial charge in [0.15, 0.2) is 0 Å². The van der Waals surface area contributed by atoms with Gasteiger partial charge in [-0.3, -0.25) is 4.79 Å². The average molecular weight is 310 g/mol. The lowest BCUT2D eigenvalue weighted by Crippen LogP contribution is -2.32. The molecule has 0 fully saturated rings. The van der Waals surface area contributed by atoms with Gasteiger partial charge >= 0.3 is 6.09 Å². The van der Waals surface area contributed by atoms with Gasteiger partial charge in [0, 0.05) is 13.1 Å². The standard InChI is InChI=1S/C15H26N4O3/c1-15(2,3)22-14(21)18-8-6-4-5-7-9-19-11-17-10-12(19)13(16)20/h10-11H,4-9H2,1-3H3,(H2,16,20)(H,18,21). The second-order valence-electron chi connectivity index (χ2n) is 6.18. The number of carbonyl (C=O) groups excluding carboxylic acids is 2. The van der Waals surface area contributed by atoms with Crippen molar-refractivity contribution in [3.8, 4) is 0 Å². The van der Waals surface area contributed by atoms with Crippen LogP contribution in [0.25, 0.3) is 0 Å². The van der Waals surface area contributed by atoms with E-state index in [0.29, 0.717) is 12.2 Å². The number of hydrogen-bond donors (Lipinski definition) is 2. The van der Waals surface area contributed by atoms with E-state index in [4.69, 9.17) is 10.5 Å². The molecule has 0 saturated heterocycles. The van der Waals surface area contributed by atoms with Crippen LogP contribution in [0.2, 0.25) is 0 Å². The van der Waals surface area contributed by atoms with Gasteiger partial charge in [-0.05, 0) is 33.6 Å². The SMILES string of the molecule is CC(C)(C)OC(=O)NCCCCCCn1cncc1C(N)=O. The number of unbranched alkanes of at least 4 members (excludes halogenated alkanes) is 3. The van der Waals surface area contributed by atoms with E-state index in [9.17, 15) is 9.59 Å². The molecule has 7 heteroatoms. The Balaban J connectivity index is 2.08. The zero-order valence-corrected chi connectivity index (χ0v) is 13.6. The third kappa shape index (κ3) is 7.10. The topological polar surface area (TPSA) is 99.2 Å². The lowest BCUT2D eigenvalue weighted by atomic mass is 10.2. The van der Waals surface area contributed by atoms with Gasteiger partial charge in [0.2, 0.25) is 0 Å². The van der Waals surface area contributed by atoms with Crippen LogP contribution in [0, 0.1) is 0 Å². The van der Waals surface area contributed by atoms with Gasteiger partial charge in [0.25, 0.3) is 5.91 Å². The molecule has 7 nitrogen and oxygen atoms in total. The highest BCUT2D eigenvalue weighted by Gasteiger charge is 2.15. The highest BCUT2D eigenvalue weighted by atomic mass is 16.6. The predicted molar refractivity (Wildman–Crippen MR) is 83.4 cm³/mol. The van der Waals surface area contributed by atoms with E-state index in [1.165, 1.54) is 6.20 Å². The number of rotatable bonds is 8. The summed E-state index contributed by atoms with van der Waals surface area (Å²) in [5.41, 5.74) is 5.22. The Morgan fingerprint density at radius 1 is 1.27 bits per heavy atom. The van der Waals surface area contributed by atoms with Crippen molar-refractivity contribution in [2.75, 3.05) is 6.54 Å². The number of nitrogens with two attached hydrogens (primary N) is 1. The van der Waals surface area contributed by atoms with Crippen molar-refractivity contribution in [2.45, 2.75) is 58.6 Å². The van der Waals surface area contributed by atoms with E-state index >= 15 is 0 Å². The van der Waals surface area contributed by atoms with E-state index in [-0.39, 0.29) is 6.09 Å². The Morgan fingerprint density at radius 2 is 1.95 bits per heavy atom. The van der Waals surface area contributed by atoms with Crippen LogP contribution in [0.15, 0.2) is 12.5 Å². The molecule has 0 spiro atoms. The second-order valence-corrected chi connectivity index (χ2v) is 6.18. The summed E-state index contributed by atoms with van der Waals surface area (Å²) < 4.78 is 6.91. The molecule has 0 aliphatic heterocycles. The number of aromatic nitrogens is 2. The molecule has 1 rings (SSSR count). The lowest BCUT2D eigenvalue weighted by molar-refractivity contribution is 0.0527. The first-order valence-corrected chi connectivity index (χ1v) is 7.56. The first-order valence-electron chi connectivity index (χ1n) is 7.56. The van der Waals surface area contributed by atoms with Crippen molar-refractivity contribution >= 4 is 12.0 Å². The summed E-state index contributed by atoms with van der Waals surface area (Å²) in [6, 6.07) is 0. The molecule has 0 aliphatic rings. The first kappa shape index (κ1) is 18.0. The normalized spacial score (nSPS) is 11.2. The lowest BCUT2D eigenvalue weighted by Gasteiger charge is -2.19. The molecular weight excluding hydrogens is 284 g/mol. The highest BCUT2D eigenvalue weighted by molar-refractivity contribution is 5.90. The zero-order valence-electron chi connectivity index (χ0n) is 13.6. The number of amides is 2. The number of aryl methyl sites for hydroxylation is 1. The quantitative estimate of drug-likeness (QED) is 0.718. The van der Waals surface area contributed by atoms with Gasteiger partial charge in [-0.25, -0.2) is 9.78 Å². The van der Waals surface area contributed by atoms with Crippen LogP contribution >= 0.6 is 0 Å². The number of nitrogens with one attached hydrogen (secondary N) is 1. The molecule has 2 amide bonds. The molecule has 0 aromatic carbocycles. The Hall–Kier alpha value is -2.05. The number of imidazole rings is 1. The molecule has 124 valence electrons. The summed E-state index contributed by atoms with van der Waals surface area (Å²) >= 11 is 0. The molecule has 1 heterocycles. The van der Waals surface area contributed by atoms with E-state index in [1.807, 2.05) is 20.8 Å². The number of carbonyl (C=O) groups is 2. The molecule has 1 aromatic heterocycles. The molecule has 0 aliphatic carbocycles. The van der Waals surface area contributed by atoms with Gasteiger partial charge in [-0.15, -0.1) is 0 Å². The van der Waals surface area contributed by atoms with Crippen molar-refractivity contribution in [3.05, 3.63) is 18.2 Å². The zero-order chi connectivity index (χ0) is 16.6. The Labute approximate surface area is 131 Å². The molecule has 1 aromatic rings. The van der Waals surface area contributed by atoms with Crippen molar-refractivity contribution in [3.63, 3.8) is 0 Å². The Kier molecular flexibility index (Phi) is 6.88. The minimum atomic E-state index is -0.465. The molecule has 22 heavy (non-hydrogen) atoms. The highest BCUT2D eigenvalue weighted by Crippen LogP contribution is 2.07. The van der Waals surface area contributed by atoms with Crippen molar-refractivity contribution in [2.24, 2.45) is 5.73 Å². The molecule has 0 radical (unpaired) electrons. The van der Waals surface area contributed by atoms with Crippen LogP contribution in [-0.4, -0.2) is 33.7 Å².